The Labute approximate surface area is 135 Å². The average Bonchev–Trinajstić information content (AvgIpc) is 2.91. The minimum absolute atomic E-state index is 0.0917. The molecule has 0 bridgehead atoms. The molecule has 0 saturated carbocycles. The lowest BCUT2D eigenvalue weighted by atomic mass is 9.92. The fourth-order valence-electron chi connectivity index (χ4n) is 3.19. The van der Waals surface area contributed by atoms with Crippen molar-refractivity contribution in [2.24, 2.45) is 0 Å². The molecule has 1 heterocycles. The van der Waals surface area contributed by atoms with E-state index in [-0.39, 0.29) is 11.8 Å². The van der Waals surface area contributed by atoms with Crippen LogP contribution in [0.2, 0.25) is 0 Å². The number of carbonyl (C=O) groups is 1. The lowest BCUT2D eigenvalue weighted by Gasteiger charge is -2.09. The third-order valence-corrected chi connectivity index (χ3v) is 4.39. The summed E-state index contributed by atoms with van der Waals surface area (Å²) in [4.78, 5) is 12.4. The summed E-state index contributed by atoms with van der Waals surface area (Å²) in [6.45, 7) is 0. The number of carbonyl (C=O) groups excluding carboxylic acids is 1. The van der Waals surface area contributed by atoms with E-state index in [1.54, 1.807) is 0 Å². The fraction of sp³-hybridized carbons (Fsp3) is 0.0952. The summed E-state index contributed by atoms with van der Waals surface area (Å²) in [5.74, 6) is -0.00807. The second kappa shape index (κ2) is 5.73. The van der Waals surface area contributed by atoms with E-state index < -0.39 is 0 Å². The number of anilines is 1. The second-order valence-electron chi connectivity index (χ2n) is 5.90. The Morgan fingerprint density at radius 2 is 1.48 bits per heavy atom. The molecule has 0 saturated heterocycles. The standard InChI is InChI=1S/C21H17NO/c23-21-19(13-15-7-3-1-4-8-15)18-12-11-17(14-20(18)22-21)16-9-5-2-6-10-16/h1-12,14,19H,13H2,(H,22,23). The minimum atomic E-state index is -0.0998. The van der Waals surface area contributed by atoms with Gasteiger partial charge in [0.05, 0.1) is 5.92 Å². The van der Waals surface area contributed by atoms with Gasteiger partial charge in [0.15, 0.2) is 0 Å². The SMILES string of the molecule is O=C1Nc2cc(-c3ccccc3)ccc2C1Cc1ccccc1. The van der Waals surface area contributed by atoms with E-state index in [0.29, 0.717) is 0 Å². The van der Waals surface area contributed by atoms with Crippen LogP contribution in [0.15, 0.2) is 78.9 Å². The summed E-state index contributed by atoms with van der Waals surface area (Å²) in [6.07, 6.45) is 0.740. The van der Waals surface area contributed by atoms with Crippen LogP contribution in [0, 0.1) is 0 Å². The highest BCUT2D eigenvalue weighted by Gasteiger charge is 2.30. The molecule has 0 aromatic heterocycles. The summed E-state index contributed by atoms with van der Waals surface area (Å²) in [7, 11) is 0. The van der Waals surface area contributed by atoms with Crippen LogP contribution in [0.3, 0.4) is 0 Å². The maximum atomic E-state index is 12.4. The van der Waals surface area contributed by atoms with Gasteiger partial charge in [-0.05, 0) is 34.7 Å². The van der Waals surface area contributed by atoms with Gasteiger partial charge < -0.3 is 5.32 Å². The van der Waals surface area contributed by atoms with Gasteiger partial charge in [0.25, 0.3) is 0 Å². The van der Waals surface area contributed by atoms with Gasteiger partial charge in [-0.2, -0.15) is 0 Å². The number of amides is 1. The number of nitrogens with one attached hydrogen (secondary N) is 1. The van der Waals surface area contributed by atoms with Crippen molar-refractivity contribution in [3.05, 3.63) is 90.0 Å². The largest absolute Gasteiger partial charge is 0.325 e. The van der Waals surface area contributed by atoms with Crippen LogP contribution in [-0.2, 0) is 11.2 Å². The number of benzene rings is 3. The predicted octanol–water partition coefficient (Wildman–Crippen LogP) is 4.63. The van der Waals surface area contributed by atoms with Gasteiger partial charge in [-0.3, -0.25) is 4.79 Å². The zero-order valence-electron chi connectivity index (χ0n) is 12.7. The molecule has 1 N–H and O–H groups in total. The normalized spacial score (nSPS) is 16.0. The van der Waals surface area contributed by atoms with Crippen LogP contribution in [0.1, 0.15) is 17.0 Å². The molecule has 0 fully saturated rings. The van der Waals surface area contributed by atoms with Crippen LogP contribution in [0.5, 0.6) is 0 Å². The van der Waals surface area contributed by atoms with Crippen molar-refractivity contribution in [3.63, 3.8) is 0 Å². The van der Waals surface area contributed by atoms with E-state index in [1.165, 1.54) is 5.56 Å². The maximum Gasteiger partial charge on any atom is 0.232 e. The Bertz CT molecular complexity index is 840. The van der Waals surface area contributed by atoms with E-state index in [4.69, 9.17) is 0 Å². The first-order valence-electron chi connectivity index (χ1n) is 7.85. The van der Waals surface area contributed by atoms with Crippen molar-refractivity contribution in [1.82, 2.24) is 0 Å². The highest BCUT2D eigenvalue weighted by atomic mass is 16.2. The first kappa shape index (κ1) is 13.8. The smallest absolute Gasteiger partial charge is 0.232 e. The van der Waals surface area contributed by atoms with Gasteiger partial charge >= 0.3 is 0 Å². The van der Waals surface area contributed by atoms with E-state index in [9.17, 15) is 4.79 Å². The van der Waals surface area contributed by atoms with Gasteiger partial charge in [0.1, 0.15) is 0 Å². The molecule has 3 aromatic carbocycles. The topological polar surface area (TPSA) is 29.1 Å². The van der Waals surface area contributed by atoms with Crippen LogP contribution < -0.4 is 5.32 Å². The van der Waals surface area contributed by atoms with Gasteiger partial charge in [-0.1, -0.05) is 72.8 Å². The number of hydrogen-bond acceptors (Lipinski definition) is 1. The molecule has 23 heavy (non-hydrogen) atoms. The maximum absolute atomic E-state index is 12.4. The Morgan fingerprint density at radius 3 is 2.22 bits per heavy atom. The Balaban J connectivity index is 1.66. The highest BCUT2D eigenvalue weighted by Crippen LogP contribution is 2.37. The van der Waals surface area contributed by atoms with Crippen LogP contribution in [-0.4, -0.2) is 5.91 Å². The van der Waals surface area contributed by atoms with Crippen molar-refractivity contribution in [1.29, 1.82) is 0 Å². The van der Waals surface area contributed by atoms with E-state index >= 15 is 0 Å². The molecule has 112 valence electrons. The highest BCUT2D eigenvalue weighted by molar-refractivity contribution is 6.03. The first-order chi connectivity index (χ1) is 11.3. The quantitative estimate of drug-likeness (QED) is 0.750. The molecule has 2 nitrogen and oxygen atoms in total. The third-order valence-electron chi connectivity index (χ3n) is 4.39. The van der Waals surface area contributed by atoms with E-state index in [0.717, 1.165) is 28.8 Å². The Kier molecular flexibility index (Phi) is 3.43. The number of rotatable bonds is 3. The molecule has 1 aliphatic heterocycles. The molecule has 3 aromatic rings. The van der Waals surface area contributed by atoms with Crippen molar-refractivity contribution >= 4 is 11.6 Å². The molecule has 1 unspecified atom stereocenters. The molecular weight excluding hydrogens is 282 g/mol. The summed E-state index contributed by atoms with van der Waals surface area (Å²) in [6, 6.07) is 26.7. The summed E-state index contributed by atoms with van der Waals surface area (Å²) in [5, 5.41) is 3.04. The fourth-order valence-corrected chi connectivity index (χ4v) is 3.19. The molecule has 1 aliphatic rings. The van der Waals surface area contributed by atoms with Gasteiger partial charge in [-0.15, -0.1) is 0 Å². The van der Waals surface area contributed by atoms with Gasteiger partial charge in [-0.25, -0.2) is 0 Å². The Hall–Kier alpha value is -2.87. The lowest BCUT2D eigenvalue weighted by Crippen LogP contribution is -2.14. The summed E-state index contributed by atoms with van der Waals surface area (Å²) in [5.41, 5.74) is 5.52. The lowest BCUT2D eigenvalue weighted by molar-refractivity contribution is -0.117. The minimum Gasteiger partial charge on any atom is -0.325 e. The zero-order chi connectivity index (χ0) is 15.6. The second-order valence-corrected chi connectivity index (χ2v) is 5.90. The molecule has 0 radical (unpaired) electrons. The summed E-state index contributed by atoms with van der Waals surface area (Å²) >= 11 is 0. The van der Waals surface area contributed by atoms with Crippen molar-refractivity contribution in [2.75, 3.05) is 5.32 Å². The number of hydrogen-bond donors (Lipinski definition) is 1. The molecule has 0 aliphatic carbocycles. The molecule has 0 spiro atoms. The molecule has 2 heteroatoms. The van der Waals surface area contributed by atoms with E-state index in [1.807, 2.05) is 36.4 Å². The zero-order valence-corrected chi connectivity index (χ0v) is 12.7. The molecular formula is C21H17NO. The first-order valence-corrected chi connectivity index (χ1v) is 7.85. The molecule has 1 amide bonds. The van der Waals surface area contributed by atoms with Crippen LogP contribution in [0.25, 0.3) is 11.1 Å². The molecule has 1 atom stereocenters. The van der Waals surface area contributed by atoms with Crippen molar-refractivity contribution in [3.8, 4) is 11.1 Å². The predicted molar refractivity (Wildman–Crippen MR) is 93.4 cm³/mol. The third kappa shape index (κ3) is 2.64. The van der Waals surface area contributed by atoms with Gasteiger partial charge in [0, 0.05) is 5.69 Å². The molecule has 4 rings (SSSR count). The number of fused-ring (bicyclic) bond motifs is 1. The van der Waals surface area contributed by atoms with Crippen LogP contribution >= 0.6 is 0 Å². The van der Waals surface area contributed by atoms with E-state index in [2.05, 4.69) is 47.8 Å². The van der Waals surface area contributed by atoms with Crippen LogP contribution in [0.4, 0.5) is 5.69 Å². The van der Waals surface area contributed by atoms with Crippen molar-refractivity contribution < 1.29 is 4.79 Å². The van der Waals surface area contributed by atoms with Crippen molar-refractivity contribution in [2.45, 2.75) is 12.3 Å². The van der Waals surface area contributed by atoms with Gasteiger partial charge in [0.2, 0.25) is 5.91 Å². The Morgan fingerprint density at radius 1 is 0.783 bits per heavy atom. The average molecular weight is 299 g/mol. The monoisotopic (exact) mass is 299 g/mol. The summed E-state index contributed by atoms with van der Waals surface area (Å²) < 4.78 is 0.